The molecular formula is C16H20N4O4. The summed E-state index contributed by atoms with van der Waals surface area (Å²) in [6, 6.07) is 7.47. The Morgan fingerprint density at radius 1 is 1.46 bits per heavy atom. The van der Waals surface area contributed by atoms with Gasteiger partial charge in [-0.25, -0.2) is 4.79 Å². The van der Waals surface area contributed by atoms with Gasteiger partial charge in [0.1, 0.15) is 11.5 Å². The molecule has 2 aromatic rings. The highest BCUT2D eigenvalue weighted by Crippen LogP contribution is 2.21. The summed E-state index contributed by atoms with van der Waals surface area (Å²) in [5, 5.41) is 17.6. The number of nitro groups is 1. The van der Waals surface area contributed by atoms with E-state index in [0.717, 1.165) is 0 Å². The second-order valence-electron chi connectivity index (χ2n) is 5.55. The van der Waals surface area contributed by atoms with Gasteiger partial charge in [-0.2, -0.15) is 0 Å². The zero-order valence-corrected chi connectivity index (χ0v) is 13.9. The Labute approximate surface area is 139 Å². The van der Waals surface area contributed by atoms with Crippen molar-refractivity contribution in [2.75, 3.05) is 7.05 Å². The van der Waals surface area contributed by atoms with Crippen molar-refractivity contribution in [3.8, 4) is 0 Å². The monoisotopic (exact) mass is 332 g/mol. The molecule has 1 aromatic heterocycles. The third-order valence-corrected chi connectivity index (χ3v) is 3.61. The van der Waals surface area contributed by atoms with Crippen molar-refractivity contribution in [2.24, 2.45) is 0 Å². The molecule has 0 unspecified atom stereocenters. The fourth-order valence-corrected chi connectivity index (χ4v) is 2.34. The normalized spacial score (nSPS) is 11.8. The molecule has 8 nitrogen and oxygen atoms in total. The van der Waals surface area contributed by atoms with E-state index in [1.54, 1.807) is 32.2 Å². The van der Waals surface area contributed by atoms with Crippen LogP contribution in [0.1, 0.15) is 36.4 Å². The summed E-state index contributed by atoms with van der Waals surface area (Å²) < 4.78 is 4.98. The average Bonchev–Trinajstić information content (AvgIpc) is 2.97. The van der Waals surface area contributed by atoms with Crippen LogP contribution in [0.3, 0.4) is 0 Å². The SMILES string of the molecule is CC[C@H](NC(=O)N(C)Cc1cc(C)on1)c1cccc([N+](=O)[O-])c1. The Hall–Kier alpha value is -2.90. The Bertz CT molecular complexity index is 728. The molecule has 0 bridgehead atoms. The van der Waals surface area contributed by atoms with Crippen LogP contribution in [0.2, 0.25) is 0 Å². The zero-order valence-electron chi connectivity index (χ0n) is 13.9. The quantitative estimate of drug-likeness (QED) is 0.646. The van der Waals surface area contributed by atoms with Gasteiger partial charge in [0.15, 0.2) is 0 Å². The van der Waals surface area contributed by atoms with E-state index in [9.17, 15) is 14.9 Å². The number of benzene rings is 1. The molecule has 0 saturated heterocycles. The highest BCUT2D eigenvalue weighted by molar-refractivity contribution is 5.74. The number of rotatable bonds is 6. The minimum absolute atomic E-state index is 0.00614. The van der Waals surface area contributed by atoms with Crippen molar-refractivity contribution in [2.45, 2.75) is 32.9 Å². The summed E-state index contributed by atoms with van der Waals surface area (Å²) in [4.78, 5) is 24.3. The second-order valence-corrected chi connectivity index (χ2v) is 5.55. The van der Waals surface area contributed by atoms with Crippen LogP contribution >= 0.6 is 0 Å². The van der Waals surface area contributed by atoms with Gasteiger partial charge in [0.2, 0.25) is 0 Å². The van der Waals surface area contributed by atoms with Crippen molar-refractivity contribution in [3.63, 3.8) is 0 Å². The van der Waals surface area contributed by atoms with Crippen molar-refractivity contribution in [3.05, 3.63) is 57.5 Å². The van der Waals surface area contributed by atoms with Crippen LogP contribution in [-0.2, 0) is 6.54 Å². The molecule has 24 heavy (non-hydrogen) atoms. The molecule has 0 aliphatic heterocycles. The number of hydrogen-bond acceptors (Lipinski definition) is 5. The molecule has 0 spiro atoms. The number of carbonyl (C=O) groups excluding carboxylic acids is 1. The smallest absolute Gasteiger partial charge is 0.317 e. The standard InChI is InChI=1S/C16H20N4O4/c1-4-15(12-6-5-7-14(9-12)20(22)23)17-16(21)19(3)10-13-8-11(2)24-18-13/h5-9,15H,4,10H2,1-3H3,(H,17,21)/t15-/m0/s1. The molecule has 8 heteroatoms. The Balaban J connectivity index is 2.04. The number of nitrogens with one attached hydrogen (secondary N) is 1. The molecule has 0 fully saturated rings. The lowest BCUT2D eigenvalue weighted by Gasteiger charge is -2.22. The van der Waals surface area contributed by atoms with E-state index in [0.29, 0.717) is 30.0 Å². The van der Waals surface area contributed by atoms with Crippen molar-refractivity contribution >= 4 is 11.7 Å². The number of carbonyl (C=O) groups is 1. The topological polar surface area (TPSA) is 102 Å². The van der Waals surface area contributed by atoms with Crippen LogP contribution in [0.15, 0.2) is 34.9 Å². The van der Waals surface area contributed by atoms with E-state index < -0.39 is 4.92 Å². The van der Waals surface area contributed by atoms with Gasteiger partial charge in [-0.3, -0.25) is 10.1 Å². The third-order valence-electron chi connectivity index (χ3n) is 3.61. The summed E-state index contributed by atoms with van der Waals surface area (Å²) in [6.45, 7) is 4.01. The molecule has 1 aromatic carbocycles. The summed E-state index contributed by atoms with van der Waals surface area (Å²) in [7, 11) is 1.65. The highest BCUT2D eigenvalue weighted by Gasteiger charge is 2.18. The van der Waals surface area contributed by atoms with E-state index in [4.69, 9.17) is 4.52 Å². The van der Waals surface area contributed by atoms with Gasteiger partial charge >= 0.3 is 6.03 Å². The van der Waals surface area contributed by atoms with Crippen molar-refractivity contribution in [1.29, 1.82) is 0 Å². The van der Waals surface area contributed by atoms with Crippen LogP contribution < -0.4 is 5.32 Å². The number of urea groups is 1. The number of amides is 2. The first kappa shape index (κ1) is 17.5. The number of hydrogen-bond donors (Lipinski definition) is 1. The second kappa shape index (κ2) is 7.58. The molecule has 0 aliphatic rings. The lowest BCUT2D eigenvalue weighted by atomic mass is 10.0. The predicted molar refractivity (Wildman–Crippen MR) is 87.4 cm³/mol. The molecular weight excluding hydrogens is 312 g/mol. The van der Waals surface area contributed by atoms with Crippen LogP contribution in [0.4, 0.5) is 10.5 Å². The summed E-state index contributed by atoms with van der Waals surface area (Å²) in [6.07, 6.45) is 0.615. The van der Waals surface area contributed by atoms with Crippen molar-refractivity contribution < 1.29 is 14.2 Å². The molecule has 0 saturated carbocycles. The van der Waals surface area contributed by atoms with Gasteiger partial charge in [0.25, 0.3) is 5.69 Å². The van der Waals surface area contributed by atoms with Gasteiger partial charge < -0.3 is 14.7 Å². The maximum Gasteiger partial charge on any atom is 0.317 e. The fourth-order valence-electron chi connectivity index (χ4n) is 2.34. The first-order chi connectivity index (χ1) is 11.4. The molecule has 2 amide bonds. The van der Waals surface area contributed by atoms with Crippen LogP contribution in [0.5, 0.6) is 0 Å². The van der Waals surface area contributed by atoms with E-state index in [-0.39, 0.29) is 17.8 Å². The Kier molecular flexibility index (Phi) is 5.51. The van der Waals surface area contributed by atoms with E-state index in [1.807, 2.05) is 6.92 Å². The number of aryl methyl sites for hydroxylation is 1. The highest BCUT2D eigenvalue weighted by atomic mass is 16.6. The molecule has 2 rings (SSSR count). The first-order valence-electron chi connectivity index (χ1n) is 7.59. The van der Waals surface area contributed by atoms with Gasteiger partial charge in [-0.1, -0.05) is 24.2 Å². The van der Waals surface area contributed by atoms with Gasteiger partial charge in [-0.15, -0.1) is 0 Å². The minimum atomic E-state index is -0.447. The van der Waals surface area contributed by atoms with Gasteiger partial charge in [0.05, 0.1) is 17.5 Å². The summed E-state index contributed by atoms with van der Waals surface area (Å²) in [5.74, 6) is 0.682. The van der Waals surface area contributed by atoms with Crippen LogP contribution in [0, 0.1) is 17.0 Å². The lowest BCUT2D eigenvalue weighted by molar-refractivity contribution is -0.384. The third kappa shape index (κ3) is 4.31. The molecule has 0 aliphatic carbocycles. The Morgan fingerprint density at radius 2 is 2.21 bits per heavy atom. The fraction of sp³-hybridized carbons (Fsp3) is 0.375. The number of aromatic nitrogens is 1. The molecule has 0 radical (unpaired) electrons. The number of nitrogens with zero attached hydrogens (tertiary/aromatic N) is 3. The van der Waals surface area contributed by atoms with E-state index in [1.165, 1.54) is 17.0 Å². The van der Waals surface area contributed by atoms with Gasteiger partial charge in [0, 0.05) is 25.2 Å². The van der Waals surface area contributed by atoms with E-state index in [2.05, 4.69) is 10.5 Å². The number of non-ortho nitro benzene ring substituents is 1. The predicted octanol–water partition coefficient (Wildman–Crippen LogP) is 3.18. The van der Waals surface area contributed by atoms with Crippen LogP contribution in [-0.4, -0.2) is 28.1 Å². The van der Waals surface area contributed by atoms with Crippen molar-refractivity contribution in [1.82, 2.24) is 15.4 Å². The summed E-state index contributed by atoms with van der Waals surface area (Å²) >= 11 is 0. The minimum Gasteiger partial charge on any atom is -0.361 e. The Morgan fingerprint density at radius 3 is 2.79 bits per heavy atom. The van der Waals surface area contributed by atoms with E-state index >= 15 is 0 Å². The zero-order chi connectivity index (χ0) is 17.7. The maximum absolute atomic E-state index is 12.3. The largest absolute Gasteiger partial charge is 0.361 e. The number of nitro benzene ring substituents is 1. The molecule has 1 heterocycles. The molecule has 1 atom stereocenters. The first-order valence-corrected chi connectivity index (χ1v) is 7.59. The average molecular weight is 332 g/mol. The van der Waals surface area contributed by atoms with Gasteiger partial charge in [-0.05, 0) is 18.9 Å². The lowest BCUT2D eigenvalue weighted by Crippen LogP contribution is -2.38. The molecule has 1 N–H and O–H groups in total. The maximum atomic E-state index is 12.3. The van der Waals surface area contributed by atoms with Crippen LogP contribution in [0.25, 0.3) is 0 Å². The molecule has 128 valence electrons. The summed E-state index contributed by atoms with van der Waals surface area (Å²) in [5.41, 5.74) is 1.37.